The first-order valence-corrected chi connectivity index (χ1v) is 8.91. The molecule has 1 amide bonds. The van der Waals surface area contributed by atoms with Crippen molar-refractivity contribution in [1.29, 1.82) is 0 Å². The van der Waals surface area contributed by atoms with E-state index in [0.717, 1.165) is 28.1 Å². The average Bonchev–Trinajstić information content (AvgIpc) is 2.79. The number of carbonyl (C=O) groups excluding carboxylic acids is 1. The molecule has 1 atom stereocenters. The van der Waals surface area contributed by atoms with E-state index in [1.54, 1.807) is 4.90 Å². The highest BCUT2D eigenvalue weighted by Gasteiger charge is 2.16. The minimum Gasteiger partial charge on any atom is -0.343 e. The molecule has 126 valence electrons. The summed E-state index contributed by atoms with van der Waals surface area (Å²) in [7, 11) is 1.84. The van der Waals surface area contributed by atoms with E-state index in [1.807, 2.05) is 20.9 Å². The van der Waals surface area contributed by atoms with Crippen molar-refractivity contribution in [2.45, 2.75) is 59.4 Å². The molecule has 0 saturated carbocycles. The molecule has 5 nitrogen and oxygen atoms in total. The van der Waals surface area contributed by atoms with Crippen molar-refractivity contribution in [2.24, 2.45) is 0 Å². The number of nitrogens with zero attached hydrogens (tertiary/aromatic N) is 2. The number of rotatable bonds is 6. The summed E-state index contributed by atoms with van der Waals surface area (Å²) in [6.45, 7) is 8.11. The fourth-order valence-electron chi connectivity index (χ4n) is 2.68. The maximum atomic E-state index is 12.2. The number of amides is 1. The summed E-state index contributed by atoms with van der Waals surface area (Å²) in [5.41, 5.74) is 0.890. The number of thiophene rings is 1. The number of aromatic nitrogens is 2. The van der Waals surface area contributed by atoms with E-state index in [2.05, 4.69) is 23.8 Å². The lowest BCUT2D eigenvalue weighted by Crippen LogP contribution is -2.35. The second-order valence-electron chi connectivity index (χ2n) is 6.12. The van der Waals surface area contributed by atoms with Gasteiger partial charge in [-0.25, -0.2) is 4.98 Å². The second-order valence-corrected chi connectivity index (χ2v) is 7.32. The van der Waals surface area contributed by atoms with Gasteiger partial charge in [0.15, 0.2) is 0 Å². The Morgan fingerprint density at radius 1 is 1.39 bits per heavy atom. The van der Waals surface area contributed by atoms with Crippen LogP contribution in [0.5, 0.6) is 0 Å². The number of nitrogens with one attached hydrogen (secondary N) is 1. The molecule has 0 fully saturated rings. The average molecular weight is 335 g/mol. The van der Waals surface area contributed by atoms with Crippen LogP contribution in [0.25, 0.3) is 10.2 Å². The minimum absolute atomic E-state index is 0.0900. The van der Waals surface area contributed by atoms with E-state index in [-0.39, 0.29) is 17.5 Å². The van der Waals surface area contributed by atoms with Crippen LogP contribution >= 0.6 is 11.3 Å². The standard InChI is InChI=1S/C17H25N3O2S/c1-6-7-10(2)20(5)14(21)9-8-13-18-16(22)15-11(3)12(4)23-17(15)19-13/h10H,6-9H2,1-5H3,(H,18,19,22). The number of carbonyl (C=O) groups is 1. The molecular formula is C17H25N3O2S. The molecule has 2 aromatic heterocycles. The van der Waals surface area contributed by atoms with Crippen LogP contribution < -0.4 is 5.56 Å². The van der Waals surface area contributed by atoms with Crippen molar-refractivity contribution in [2.75, 3.05) is 7.05 Å². The van der Waals surface area contributed by atoms with Crippen LogP contribution in [0.1, 0.15) is 49.4 Å². The molecule has 0 radical (unpaired) electrons. The predicted molar refractivity (Wildman–Crippen MR) is 95.2 cm³/mol. The van der Waals surface area contributed by atoms with E-state index < -0.39 is 0 Å². The number of fused-ring (bicyclic) bond motifs is 1. The van der Waals surface area contributed by atoms with Gasteiger partial charge in [0.25, 0.3) is 5.56 Å². The molecule has 2 aromatic rings. The van der Waals surface area contributed by atoms with E-state index in [4.69, 9.17) is 0 Å². The molecule has 2 rings (SSSR count). The fraction of sp³-hybridized carbons (Fsp3) is 0.588. The number of hydrogen-bond donors (Lipinski definition) is 1. The van der Waals surface area contributed by atoms with Gasteiger partial charge in [0, 0.05) is 30.8 Å². The summed E-state index contributed by atoms with van der Waals surface area (Å²) >= 11 is 1.53. The zero-order valence-electron chi connectivity index (χ0n) is 14.5. The zero-order valence-corrected chi connectivity index (χ0v) is 15.3. The Morgan fingerprint density at radius 3 is 2.74 bits per heavy atom. The Labute approximate surface area is 140 Å². The van der Waals surface area contributed by atoms with Gasteiger partial charge >= 0.3 is 0 Å². The highest BCUT2D eigenvalue weighted by molar-refractivity contribution is 7.18. The lowest BCUT2D eigenvalue weighted by molar-refractivity contribution is -0.131. The highest BCUT2D eigenvalue weighted by atomic mass is 32.1. The maximum absolute atomic E-state index is 12.2. The third-order valence-corrected chi connectivity index (χ3v) is 5.53. The SMILES string of the molecule is CCCC(C)N(C)C(=O)CCc1nc2sc(C)c(C)c2c(=O)[nH]1. The Balaban J connectivity index is 2.11. The summed E-state index contributed by atoms with van der Waals surface area (Å²) in [6, 6.07) is 0.240. The molecular weight excluding hydrogens is 310 g/mol. The summed E-state index contributed by atoms with van der Waals surface area (Å²) in [6.07, 6.45) is 2.88. The van der Waals surface area contributed by atoms with Crippen molar-refractivity contribution >= 4 is 27.5 Å². The van der Waals surface area contributed by atoms with Gasteiger partial charge in [-0.05, 0) is 32.8 Å². The number of hydrogen-bond acceptors (Lipinski definition) is 4. The lowest BCUT2D eigenvalue weighted by atomic mass is 10.1. The summed E-state index contributed by atoms with van der Waals surface area (Å²) in [4.78, 5) is 35.5. The normalized spacial score (nSPS) is 12.6. The second kappa shape index (κ2) is 7.25. The highest BCUT2D eigenvalue weighted by Crippen LogP contribution is 2.25. The van der Waals surface area contributed by atoms with Crippen LogP contribution in [0.15, 0.2) is 4.79 Å². The number of aromatic amines is 1. The maximum Gasteiger partial charge on any atom is 0.259 e. The predicted octanol–water partition coefficient (Wildman–Crippen LogP) is 3.18. The van der Waals surface area contributed by atoms with Crippen LogP contribution in [0.3, 0.4) is 0 Å². The Hall–Kier alpha value is -1.69. The van der Waals surface area contributed by atoms with Gasteiger partial charge in [-0.1, -0.05) is 13.3 Å². The molecule has 0 bridgehead atoms. The van der Waals surface area contributed by atoms with E-state index >= 15 is 0 Å². The Morgan fingerprint density at radius 2 is 2.09 bits per heavy atom. The molecule has 23 heavy (non-hydrogen) atoms. The molecule has 0 aliphatic rings. The molecule has 2 heterocycles. The third kappa shape index (κ3) is 3.80. The molecule has 6 heteroatoms. The van der Waals surface area contributed by atoms with Crippen LogP contribution in [0, 0.1) is 13.8 Å². The Kier molecular flexibility index (Phi) is 5.57. The van der Waals surface area contributed by atoms with Gasteiger partial charge in [0.1, 0.15) is 10.7 Å². The Bertz CT molecular complexity index is 763. The smallest absolute Gasteiger partial charge is 0.259 e. The molecule has 0 saturated heterocycles. The molecule has 0 aromatic carbocycles. The van der Waals surface area contributed by atoms with Crippen LogP contribution in [-0.2, 0) is 11.2 Å². The molecule has 1 unspecified atom stereocenters. The van der Waals surface area contributed by atoms with Crippen LogP contribution in [0.4, 0.5) is 0 Å². The van der Waals surface area contributed by atoms with Crippen molar-refractivity contribution in [3.63, 3.8) is 0 Å². The van der Waals surface area contributed by atoms with E-state index in [0.29, 0.717) is 24.1 Å². The van der Waals surface area contributed by atoms with Gasteiger partial charge in [0.2, 0.25) is 5.91 Å². The summed E-state index contributed by atoms with van der Waals surface area (Å²) in [5, 5.41) is 0.677. The van der Waals surface area contributed by atoms with E-state index in [1.165, 1.54) is 11.3 Å². The van der Waals surface area contributed by atoms with Gasteiger partial charge in [-0.2, -0.15) is 0 Å². The minimum atomic E-state index is -0.105. The first kappa shape index (κ1) is 17.7. The van der Waals surface area contributed by atoms with Crippen molar-refractivity contribution in [3.05, 3.63) is 26.6 Å². The summed E-state index contributed by atoms with van der Waals surface area (Å²) < 4.78 is 0. The van der Waals surface area contributed by atoms with Crippen LogP contribution in [0.2, 0.25) is 0 Å². The topological polar surface area (TPSA) is 66.1 Å². The van der Waals surface area contributed by atoms with Gasteiger partial charge in [0.05, 0.1) is 5.39 Å². The first-order chi connectivity index (χ1) is 10.8. The van der Waals surface area contributed by atoms with Gasteiger partial charge < -0.3 is 9.88 Å². The van der Waals surface area contributed by atoms with Crippen molar-refractivity contribution in [3.8, 4) is 0 Å². The summed E-state index contributed by atoms with van der Waals surface area (Å²) in [5.74, 6) is 0.681. The number of H-pyrrole nitrogens is 1. The van der Waals surface area contributed by atoms with Crippen molar-refractivity contribution in [1.82, 2.24) is 14.9 Å². The quantitative estimate of drug-likeness (QED) is 0.881. The molecule has 0 spiro atoms. The fourth-order valence-corrected chi connectivity index (χ4v) is 3.73. The monoisotopic (exact) mass is 335 g/mol. The lowest BCUT2D eigenvalue weighted by Gasteiger charge is -2.24. The van der Waals surface area contributed by atoms with Crippen molar-refractivity contribution < 1.29 is 4.79 Å². The molecule has 0 aliphatic carbocycles. The largest absolute Gasteiger partial charge is 0.343 e. The third-order valence-electron chi connectivity index (χ3n) is 4.42. The van der Waals surface area contributed by atoms with Gasteiger partial charge in [-0.3, -0.25) is 9.59 Å². The molecule has 1 N–H and O–H groups in total. The van der Waals surface area contributed by atoms with E-state index in [9.17, 15) is 9.59 Å². The van der Waals surface area contributed by atoms with Gasteiger partial charge in [-0.15, -0.1) is 11.3 Å². The number of aryl methyl sites for hydroxylation is 3. The van der Waals surface area contributed by atoms with Crippen LogP contribution in [-0.4, -0.2) is 33.9 Å². The first-order valence-electron chi connectivity index (χ1n) is 8.09. The molecule has 0 aliphatic heterocycles. The zero-order chi connectivity index (χ0) is 17.1.